The Labute approximate surface area is 120 Å². The molecular weight excluding hydrogens is 256 g/mol. The zero-order valence-corrected chi connectivity index (χ0v) is 12.3. The molecular formula is C16H22O4. The number of benzene rings is 1. The molecule has 1 aromatic rings. The fourth-order valence-electron chi connectivity index (χ4n) is 2.41. The third-order valence-corrected chi connectivity index (χ3v) is 3.46. The molecule has 0 spiro atoms. The van der Waals surface area contributed by atoms with Gasteiger partial charge in [-0.1, -0.05) is 6.07 Å². The lowest BCUT2D eigenvalue weighted by Crippen LogP contribution is -2.32. The number of aliphatic hydroxyl groups is 1. The van der Waals surface area contributed by atoms with Crippen molar-refractivity contribution in [2.24, 2.45) is 0 Å². The van der Waals surface area contributed by atoms with E-state index < -0.39 is 5.60 Å². The lowest BCUT2D eigenvalue weighted by molar-refractivity contribution is 0.0184. The summed E-state index contributed by atoms with van der Waals surface area (Å²) in [4.78, 5) is 0. The summed E-state index contributed by atoms with van der Waals surface area (Å²) in [6.07, 6.45) is 4.41. The molecule has 1 heterocycles. The molecule has 1 aliphatic heterocycles. The first kappa shape index (κ1) is 14.7. The average Bonchev–Trinajstić information content (AvgIpc) is 2.47. The third-order valence-electron chi connectivity index (χ3n) is 3.46. The quantitative estimate of drug-likeness (QED) is 0.899. The van der Waals surface area contributed by atoms with Crippen LogP contribution < -0.4 is 9.47 Å². The fraction of sp³-hybridized carbons (Fsp3) is 0.500. The molecule has 20 heavy (non-hydrogen) atoms. The first-order valence-electron chi connectivity index (χ1n) is 6.83. The van der Waals surface area contributed by atoms with Crippen molar-refractivity contribution in [2.75, 3.05) is 20.8 Å². The smallest absolute Gasteiger partial charge is 0.160 e. The first-order valence-corrected chi connectivity index (χ1v) is 6.83. The Kier molecular flexibility index (Phi) is 4.55. The molecule has 0 aliphatic carbocycles. The van der Waals surface area contributed by atoms with E-state index in [0.29, 0.717) is 30.3 Å². The summed E-state index contributed by atoms with van der Waals surface area (Å²) in [5.41, 5.74) is -0.0252. The van der Waals surface area contributed by atoms with E-state index in [1.165, 1.54) is 0 Å². The number of ether oxygens (including phenoxy) is 3. The van der Waals surface area contributed by atoms with Gasteiger partial charge in [0.1, 0.15) is 11.4 Å². The van der Waals surface area contributed by atoms with Crippen LogP contribution in [0.5, 0.6) is 11.5 Å². The largest absolute Gasteiger partial charge is 0.495 e. The predicted octanol–water partition coefficient (Wildman–Crippen LogP) is 2.69. The van der Waals surface area contributed by atoms with Crippen LogP contribution in [0.1, 0.15) is 25.3 Å². The van der Waals surface area contributed by atoms with Crippen molar-refractivity contribution >= 4 is 0 Å². The Balaban J connectivity index is 2.18. The molecule has 1 unspecified atom stereocenters. The van der Waals surface area contributed by atoms with Crippen molar-refractivity contribution in [3.63, 3.8) is 0 Å². The number of hydrogen-bond donors (Lipinski definition) is 1. The van der Waals surface area contributed by atoms with Gasteiger partial charge in [-0.3, -0.25) is 0 Å². The van der Waals surface area contributed by atoms with Crippen LogP contribution in [-0.2, 0) is 11.2 Å². The normalized spacial score (nSPS) is 17.7. The Morgan fingerprint density at radius 2 is 2.00 bits per heavy atom. The van der Waals surface area contributed by atoms with E-state index in [4.69, 9.17) is 14.2 Å². The maximum atomic E-state index is 10.6. The van der Waals surface area contributed by atoms with Gasteiger partial charge in [-0.2, -0.15) is 0 Å². The van der Waals surface area contributed by atoms with Crippen LogP contribution in [-0.4, -0.2) is 31.5 Å². The van der Waals surface area contributed by atoms with Gasteiger partial charge in [0.2, 0.25) is 0 Å². The van der Waals surface area contributed by atoms with E-state index >= 15 is 0 Å². The third kappa shape index (κ3) is 3.25. The monoisotopic (exact) mass is 278 g/mol. The summed E-state index contributed by atoms with van der Waals surface area (Å²) in [6.45, 7) is 2.45. The van der Waals surface area contributed by atoms with Crippen LogP contribution in [0.3, 0.4) is 0 Å². The molecule has 0 saturated carbocycles. The number of methoxy groups -OCH3 is 2. The second kappa shape index (κ2) is 6.18. The number of rotatable bonds is 5. The zero-order chi connectivity index (χ0) is 14.6. The highest BCUT2D eigenvalue weighted by molar-refractivity contribution is 5.43. The Bertz CT molecular complexity index is 491. The highest BCUT2D eigenvalue weighted by atomic mass is 16.5. The number of hydrogen-bond acceptors (Lipinski definition) is 4. The summed E-state index contributed by atoms with van der Waals surface area (Å²) in [5, 5.41) is 10.6. The lowest BCUT2D eigenvalue weighted by atomic mass is 9.92. The van der Waals surface area contributed by atoms with Gasteiger partial charge in [0, 0.05) is 6.42 Å². The van der Waals surface area contributed by atoms with Gasteiger partial charge in [-0.25, -0.2) is 0 Å². The Hall–Kier alpha value is -1.68. The molecule has 1 aromatic carbocycles. The Morgan fingerprint density at radius 3 is 2.60 bits per heavy atom. The van der Waals surface area contributed by atoms with Crippen molar-refractivity contribution < 1.29 is 19.3 Å². The van der Waals surface area contributed by atoms with Crippen molar-refractivity contribution in [2.45, 2.75) is 31.8 Å². The van der Waals surface area contributed by atoms with Gasteiger partial charge in [0.05, 0.1) is 20.8 Å². The average molecular weight is 278 g/mol. The van der Waals surface area contributed by atoms with E-state index in [-0.39, 0.29) is 0 Å². The summed E-state index contributed by atoms with van der Waals surface area (Å²) in [7, 11) is 3.21. The minimum Gasteiger partial charge on any atom is -0.495 e. The van der Waals surface area contributed by atoms with Crippen LogP contribution >= 0.6 is 0 Å². The molecule has 1 aliphatic rings. The van der Waals surface area contributed by atoms with Crippen LogP contribution in [0.4, 0.5) is 0 Å². The summed E-state index contributed by atoms with van der Waals surface area (Å²) in [6, 6.07) is 5.66. The van der Waals surface area contributed by atoms with E-state index in [1.54, 1.807) is 21.1 Å². The van der Waals surface area contributed by atoms with Gasteiger partial charge in [0.15, 0.2) is 11.5 Å². The fourth-order valence-corrected chi connectivity index (χ4v) is 2.41. The van der Waals surface area contributed by atoms with Crippen molar-refractivity contribution in [1.82, 2.24) is 0 Å². The second-order valence-corrected chi connectivity index (χ2v) is 5.20. The second-order valence-electron chi connectivity index (χ2n) is 5.20. The van der Waals surface area contributed by atoms with Gasteiger partial charge >= 0.3 is 0 Å². The highest BCUT2D eigenvalue weighted by Crippen LogP contribution is 2.31. The first-order chi connectivity index (χ1) is 9.56. The Morgan fingerprint density at radius 1 is 1.25 bits per heavy atom. The van der Waals surface area contributed by atoms with E-state index in [1.807, 2.05) is 24.3 Å². The SMILES string of the molecule is COc1ccc(CC(C)(O)C2=CCCCO2)cc1OC. The standard InChI is InChI=1S/C16H22O4/c1-16(17,15-6-4-5-9-20-15)11-12-7-8-13(18-2)14(10-12)19-3/h6-8,10,17H,4-5,9,11H2,1-3H3. The van der Waals surface area contributed by atoms with E-state index in [0.717, 1.165) is 18.4 Å². The molecule has 1 N–H and O–H groups in total. The molecule has 4 nitrogen and oxygen atoms in total. The summed E-state index contributed by atoms with van der Waals surface area (Å²) >= 11 is 0. The minimum atomic E-state index is -1.000. The highest BCUT2D eigenvalue weighted by Gasteiger charge is 2.29. The molecule has 0 amide bonds. The van der Waals surface area contributed by atoms with E-state index in [9.17, 15) is 5.11 Å². The molecule has 2 rings (SSSR count). The molecule has 0 aromatic heterocycles. The summed E-state index contributed by atoms with van der Waals surface area (Å²) < 4.78 is 16.1. The molecule has 1 atom stereocenters. The molecule has 0 radical (unpaired) electrons. The van der Waals surface area contributed by atoms with Crippen LogP contribution in [0.15, 0.2) is 30.0 Å². The van der Waals surface area contributed by atoms with Crippen LogP contribution in [0, 0.1) is 0 Å². The maximum Gasteiger partial charge on any atom is 0.160 e. The van der Waals surface area contributed by atoms with E-state index in [2.05, 4.69) is 0 Å². The lowest BCUT2D eigenvalue weighted by Gasteiger charge is -2.29. The van der Waals surface area contributed by atoms with Crippen LogP contribution in [0.25, 0.3) is 0 Å². The zero-order valence-electron chi connectivity index (χ0n) is 12.3. The van der Waals surface area contributed by atoms with Crippen molar-refractivity contribution in [3.8, 4) is 11.5 Å². The maximum absolute atomic E-state index is 10.6. The minimum absolute atomic E-state index is 0.471. The molecule has 110 valence electrons. The summed E-state index contributed by atoms with van der Waals surface area (Å²) in [5.74, 6) is 2.02. The topological polar surface area (TPSA) is 47.9 Å². The molecule has 0 fully saturated rings. The predicted molar refractivity (Wildman–Crippen MR) is 77.1 cm³/mol. The molecule has 4 heteroatoms. The molecule has 0 saturated heterocycles. The van der Waals surface area contributed by atoms with Gasteiger partial charge in [-0.05, 0) is 43.5 Å². The van der Waals surface area contributed by atoms with Crippen molar-refractivity contribution in [3.05, 3.63) is 35.6 Å². The van der Waals surface area contributed by atoms with Gasteiger partial charge in [0.25, 0.3) is 0 Å². The van der Waals surface area contributed by atoms with Crippen molar-refractivity contribution in [1.29, 1.82) is 0 Å². The number of allylic oxidation sites excluding steroid dienone is 1. The molecule has 0 bridgehead atoms. The van der Waals surface area contributed by atoms with Gasteiger partial charge in [-0.15, -0.1) is 0 Å². The van der Waals surface area contributed by atoms with Gasteiger partial charge < -0.3 is 19.3 Å². The van der Waals surface area contributed by atoms with Crippen LogP contribution in [0.2, 0.25) is 0 Å².